The molecule has 0 radical (unpaired) electrons. The van der Waals surface area contributed by atoms with Crippen LogP contribution < -0.4 is 0 Å². The van der Waals surface area contributed by atoms with E-state index in [-0.39, 0.29) is 0 Å². The van der Waals surface area contributed by atoms with E-state index in [9.17, 15) is 9.59 Å². The van der Waals surface area contributed by atoms with Gasteiger partial charge in [-0.3, -0.25) is 4.79 Å². The molecule has 1 rings (SSSR count). The van der Waals surface area contributed by atoms with Crippen molar-refractivity contribution in [2.45, 2.75) is 39.6 Å². The minimum atomic E-state index is -3.76. The number of Topliss-reactive ketones (excluding diaryl/α,β-unsaturated/α-hetero) is 1. The molecule has 1 amide bonds. The molecule has 0 spiro atoms. The summed E-state index contributed by atoms with van der Waals surface area (Å²) in [5.41, 5.74) is -1.25. The number of nitrogens with zero attached hydrogens (tertiary/aromatic N) is 1. The summed E-state index contributed by atoms with van der Waals surface area (Å²) in [5, 5.41) is 0. The Morgan fingerprint density at radius 1 is 1.73 bits per heavy atom. The summed E-state index contributed by atoms with van der Waals surface area (Å²) in [4.78, 5) is 24.2. The van der Waals surface area contributed by atoms with Crippen LogP contribution in [0.15, 0.2) is 0 Å². The SMILES string of the molecule is [2H]C([2H])([2H])C1([2H])C(=O)C([2H])([2H])C([2H])([2H])N(C(=O)OC(C)(C)C)C1([2H])[2H]. The van der Waals surface area contributed by atoms with Crippen molar-refractivity contribution >= 4 is 11.9 Å². The van der Waals surface area contributed by atoms with Crippen LogP contribution in [0.3, 0.4) is 0 Å². The molecule has 1 heterocycles. The average Bonchev–Trinajstić information content (AvgIpc) is 2.30. The first-order valence-electron chi connectivity index (χ1n) is 9.24. The van der Waals surface area contributed by atoms with E-state index in [0.717, 1.165) is 0 Å². The molecule has 1 aliphatic rings. The smallest absolute Gasteiger partial charge is 0.410 e. The van der Waals surface area contributed by atoms with E-state index in [1.54, 1.807) is 0 Å². The lowest BCUT2D eigenvalue weighted by atomic mass is 9.99. The topological polar surface area (TPSA) is 46.6 Å². The van der Waals surface area contributed by atoms with Crippen LogP contribution in [0.2, 0.25) is 0 Å². The number of amides is 1. The first kappa shape index (κ1) is 4.07. The molecule has 1 atom stereocenters. The minimum Gasteiger partial charge on any atom is -0.444 e. The zero-order valence-corrected chi connectivity index (χ0v) is 8.67. The minimum absolute atomic E-state index is 0.438. The van der Waals surface area contributed by atoms with Gasteiger partial charge in [0.15, 0.2) is 0 Å². The summed E-state index contributed by atoms with van der Waals surface area (Å²) < 4.78 is 81.5. The lowest BCUT2D eigenvalue weighted by molar-refractivity contribution is -0.125. The summed E-state index contributed by atoms with van der Waals surface area (Å²) in [5.74, 6) is -5.87. The van der Waals surface area contributed by atoms with Gasteiger partial charge in [0.1, 0.15) is 11.4 Å². The molecule has 0 N–H and O–H groups in total. The lowest BCUT2D eigenvalue weighted by Gasteiger charge is -2.32. The van der Waals surface area contributed by atoms with E-state index in [0.29, 0.717) is 0 Å². The summed E-state index contributed by atoms with van der Waals surface area (Å²) in [6, 6.07) is 0. The van der Waals surface area contributed by atoms with Crippen LogP contribution in [0.4, 0.5) is 4.79 Å². The second-order valence-corrected chi connectivity index (χ2v) is 3.87. The first-order chi connectivity index (χ1) is 10.7. The third kappa shape index (κ3) is 3.53. The highest BCUT2D eigenvalue weighted by molar-refractivity contribution is 5.83. The van der Waals surface area contributed by atoms with Gasteiger partial charge in [-0.1, -0.05) is 6.85 Å². The average molecular weight is 223 g/mol. The molecule has 1 aliphatic heterocycles. The van der Waals surface area contributed by atoms with E-state index >= 15 is 0 Å². The number of likely N-dealkylation sites (tertiary alicyclic amines) is 1. The van der Waals surface area contributed by atoms with Gasteiger partial charge in [-0.2, -0.15) is 0 Å². The van der Waals surface area contributed by atoms with Gasteiger partial charge in [0.2, 0.25) is 0 Å². The van der Waals surface area contributed by atoms with E-state index in [1.165, 1.54) is 20.8 Å². The number of carbonyl (C=O) groups excluding carboxylic acids is 2. The summed E-state index contributed by atoms with van der Waals surface area (Å²) in [7, 11) is 0. The predicted molar refractivity (Wildman–Crippen MR) is 56.6 cm³/mol. The maximum Gasteiger partial charge on any atom is 0.410 e. The van der Waals surface area contributed by atoms with Gasteiger partial charge in [-0.05, 0) is 20.8 Å². The van der Waals surface area contributed by atoms with Gasteiger partial charge in [0, 0.05) is 36.2 Å². The number of carbonyl (C=O) groups is 2. The molecule has 1 saturated heterocycles. The van der Waals surface area contributed by atoms with Gasteiger partial charge < -0.3 is 9.64 Å². The Kier molecular flexibility index (Phi) is 1.14. The molecule has 15 heavy (non-hydrogen) atoms. The molecule has 0 aromatic heterocycles. The van der Waals surface area contributed by atoms with Gasteiger partial charge in [0.25, 0.3) is 0 Å². The monoisotopic (exact) mass is 223 g/mol. The van der Waals surface area contributed by atoms with Crippen molar-refractivity contribution in [1.29, 1.82) is 0 Å². The van der Waals surface area contributed by atoms with Crippen molar-refractivity contribution < 1.29 is 28.0 Å². The van der Waals surface area contributed by atoms with Crippen LogP contribution in [-0.4, -0.2) is 35.4 Å². The van der Waals surface area contributed by atoms with E-state index in [4.69, 9.17) is 18.4 Å². The highest BCUT2D eigenvalue weighted by Gasteiger charge is 2.29. The van der Waals surface area contributed by atoms with Crippen molar-refractivity contribution in [1.82, 2.24) is 4.90 Å². The second kappa shape index (κ2) is 4.21. The second-order valence-electron chi connectivity index (χ2n) is 3.87. The fraction of sp³-hybridized carbons (Fsp3) is 0.818. The third-order valence-corrected chi connectivity index (χ3v) is 1.31. The molecular weight excluding hydrogens is 194 g/mol. The summed E-state index contributed by atoms with van der Waals surface area (Å²) in [6.07, 6.45) is -5.38. The number of hydrogen-bond acceptors (Lipinski definition) is 3. The number of hydrogen-bond donors (Lipinski definition) is 0. The molecule has 1 unspecified atom stereocenters. The van der Waals surface area contributed by atoms with Crippen LogP contribution in [0.5, 0.6) is 0 Å². The fourth-order valence-corrected chi connectivity index (χ4v) is 0.759. The fourth-order valence-electron chi connectivity index (χ4n) is 0.759. The van der Waals surface area contributed by atoms with Crippen LogP contribution in [0, 0.1) is 5.89 Å². The maximum atomic E-state index is 12.3. The third-order valence-electron chi connectivity index (χ3n) is 1.31. The standard InChI is InChI=1S/C11H19NO3/c1-8-7-12(6-5-9(8)13)10(14)15-11(2,3)4/h8H,5-7H2,1-4H3/i1D3,5D2,6D2,7D2,8D. The highest BCUT2D eigenvalue weighted by Crippen LogP contribution is 2.16. The van der Waals surface area contributed by atoms with E-state index < -0.39 is 54.5 Å². The Hall–Kier alpha value is -1.06. The normalized spacial score (nSPS) is 48.5. The Bertz CT molecular complexity index is 594. The number of piperidine rings is 1. The molecular formula is C11H19NO3. The van der Waals surface area contributed by atoms with E-state index in [2.05, 4.69) is 0 Å². The molecule has 0 aliphatic carbocycles. The zero-order valence-electron chi connectivity index (χ0n) is 18.7. The molecule has 86 valence electrons. The van der Waals surface area contributed by atoms with Crippen LogP contribution in [0.25, 0.3) is 0 Å². The van der Waals surface area contributed by atoms with Crippen LogP contribution in [-0.2, 0) is 9.53 Å². The van der Waals surface area contributed by atoms with Gasteiger partial charge in [0.05, 0.1) is 2.74 Å². The molecule has 4 nitrogen and oxygen atoms in total. The lowest BCUT2D eigenvalue weighted by Crippen LogP contribution is -2.45. The molecule has 4 heteroatoms. The first-order valence-corrected chi connectivity index (χ1v) is 4.24. The van der Waals surface area contributed by atoms with Gasteiger partial charge in [-0.25, -0.2) is 4.79 Å². The van der Waals surface area contributed by atoms with Crippen LogP contribution >= 0.6 is 0 Å². The summed E-state index contributed by atoms with van der Waals surface area (Å²) >= 11 is 0. The highest BCUT2D eigenvalue weighted by atomic mass is 16.6. The zero-order chi connectivity index (χ0) is 20.4. The Morgan fingerprint density at radius 2 is 2.40 bits per heavy atom. The molecule has 0 aromatic carbocycles. The maximum absolute atomic E-state index is 12.3. The number of ketones is 1. The molecule has 0 bridgehead atoms. The van der Waals surface area contributed by atoms with Crippen molar-refractivity contribution in [3.63, 3.8) is 0 Å². The summed E-state index contributed by atoms with van der Waals surface area (Å²) in [6.45, 7) is -6.87. The van der Waals surface area contributed by atoms with Crippen molar-refractivity contribution in [3.8, 4) is 0 Å². The van der Waals surface area contributed by atoms with Crippen LogP contribution in [0.1, 0.15) is 47.7 Å². The quantitative estimate of drug-likeness (QED) is 0.629. The number of rotatable bonds is 0. The molecule has 0 aromatic rings. The Morgan fingerprint density at radius 3 is 2.93 bits per heavy atom. The van der Waals surface area contributed by atoms with Crippen molar-refractivity contribution in [2.75, 3.05) is 13.0 Å². The predicted octanol–water partition coefficient (Wildman–Crippen LogP) is 1.83. The Balaban J connectivity index is 3.74. The molecule has 1 fully saturated rings. The van der Waals surface area contributed by atoms with E-state index in [1.807, 2.05) is 0 Å². The Labute approximate surface area is 105 Å². The van der Waals surface area contributed by atoms with Crippen molar-refractivity contribution in [2.24, 2.45) is 5.89 Å². The largest absolute Gasteiger partial charge is 0.444 e. The van der Waals surface area contributed by atoms with Gasteiger partial charge in [-0.15, -0.1) is 0 Å². The number of ether oxygens (including phenoxy) is 1. The molecule has 0 saturated carbocycles. The van der Waals surface area contributed by atoms with Gasteiger partial charge >= 0.3 is 6.09 Å². The van der Waals surface area contributed by atoms with Crippen molar-refractivity contribution in [3.05, 3.63) is 0 Å².